The minimum Gasteiger partial charge on any atom is -0.493 e. The van der Waals surface area contributed by atoms with Crippen LogP contribution in [-0.4, -0.2) is 118 Å². The molecule has 2 aliphatic heterocycles. The molecule has 0 radical (unpaired) electrons. The highest BCUT2D eigenvalue weighted by Gasteiger charge is 2.50. The van der Waals surface area contributed by atoms with Crippen molar-refractivity contribution < 1.29 is 59.4 Å². The fraction of sp³-hybridized carbons (Fsp3) is 0.700. The first-order chi connectivity index (χ1) is 15.2. The minimum atomic E-state index is -1.88. The lowest BCUT2D eigenvalue weighted by Crippen LogP contribution is -2.60. The topological polar surface area (TPSA) is 188 Å². The molecule has 1 aromatic rings. The molecule has 2 saturated heterocycles. The van der Waals surface area contributed by atoms with Crippen LogP contribution in [0.2, 0.25) is 0 Å². The highest BCUT2D eigenvalue weighted by Crippen LogP contribution is 2.33. The average Bonchev–Trinajstić information content (AvgIpc) is 3.08. The Labute approximate surface area is 184 Å². The van der Waals surface area contributed by atoms with E-state index < -0.39 is 55.3 Å². The Morgan fingerprint density at radius 2 is 1.78 bits per heavy atom. The van der Waals surface area contributed by atoms with Gasteiger partial charge in [0.1, 0.15) is 36.1 Å². The lowest BCUT2D eigenvalue weighted by Gasteiger charge is -2.40. The van der Waals surface area contributed by atoms with E-state index in [1.165, 1.54) is 7.11 Å². The van der Waals surface area contributed by atoms with E-state index in [0.29, 0.717) is 12.2 Å². The second-order valence-electron chi connectivity index (χ2n) is 7.81. The van der Waals surface area contributed by atoms with Gasteiger partial charge in [-0.1, -0.05) is 6.07 Å². The summed E-state index contributed by atoms with van der Waals surface area (Å²) in [5.41, 5.74) is -1.09. The number of hydrogen-bond donors (Lipinski definition) is 7. The number of benzene rings is 1. The first-order valence-corrected chi connectivity index (χ1v) is 10.1. The van der Waals surface area contributed by atoms with Gasteiger partial charge in [0.25, 0.3) is 0 Å². The third kappa shape index (κ3) is 5.15. The van der Waals surface area contributed by atoms with Gasteiger partial charge in [0.2, 0.25) is 6.29 Å². The van der Waals surface area contributed by atoms with E-state index >= 15 is 0 Å². The zero-order valence-corrected chi connectivity index (χ0v) is 17.5. The van der Waals surface area contributed by atoms with Gasteiger partial charge in [-0.05, 0) is 24.1 Å². The monoisotopic (exact) mass is 462 g/mol. The van der Waals surface area contributed by atoms with E-state index in [1.54, 1.807) is 18.2 Å². The molecule has 3 rings (SSSR count). The van der Waals surface area contributed by atoms with Crippen molar-refractivity contribution in [3.8, 4) is 11.5 Å². The van der Waals surface area contributed by atoms with E-state index in [1.807, 2.05) is 0 Å². The number of ether oxygens (including phenoxy) is 5. The van der Waals surface area contributed by atoms with Crippen molar-refractivity contribution in [2.45, 2.75) is 55.1 Å². The summed E-state index contributed by atoms with van der Waals surface area (Å²) in [6.07, 6.45) is -9.80. The minimum absolute atomic E-state index is 0.0469. The third-order valence-corrected chi connectivity index (χ3v) is 5.54. The van der Waals surface area contributed by atoms with Crippen LogP contribution in [-0.2, 0) is 20.6 Å². The van der Waals surface area contributed by atoms with Crippen LogP contribution in [0, 0.1) is 0 Å². The molecule has 2 fully saturated rings. The van der Waals surface area contributed by atoms with Crippen LogP contribution in [0.1, 0.15) is 5.56 Å². The predicted octanol–water partition coefficient (Wildman–Crippen LogP) is -3.13. The Kier molecular flexibility index (Phi) is 8.27. The Hall–Kier alpha value is -1.58. The molecular weight excluding hydrogens is 432 g/mol. The molecule has 0 spiro atoms. The molecule has 0 aliphatic carbocycles. The molecule has 0 bridgehead atoms. The molecule has 12 heteroatoms. The fourth-order valence-corrected chi connectivity index (χ4v) is 3.50. The molecule has 0 aromatic heterocycles. The van der Waals surface area contributed by atoms with Gasteiger partial charge >= 0.3 is 0 Å². The first kappa shape index (κ1) is 25.1. The Bertz CT molecular complexity index is 747. The van der Waals surface area contributed by atoms with Crippen molar-refractivity contribution in [3.05, 3.63) is 23.8 Å². The van der Waals surface area contributed by atoms with Crippen LogP contribution < -0.4 is 9.47 Å². The molecule has 8 atom stereocenters. The van der Waals surface area contributed by atoms with Crippen molar-refractivity contribution in [1.29, 1.82) is 0 Å². The summed E-state index contributed by atoms with van der Waals surface area (Å²) in [7, 11) is 1.42. The number of rotatable bonds is 9. The molecule has 12 nitrogen and oxygen atoms in total. The summed E-state index contributed by atoms with van der Waals surface area (Å²) < 4.78 is 27.0. The van der Waals surface area contributed by atoms with Crippen LogP contribution >= 0.6 is 0 Å². The van der Waals surface area contributed by atoms with Gasteiger partial charge in [0.15, 0.2) is 17.8 Å². The molecule has 1 aromatic carbocycles. The molecule has 2 heterocycles. The summed E-state index contributed by atoms with van der Waals surface area (Å²) in [4.78, 5) is 0. The van der Waals surface area contributed by atoms with E-state index in [4.69, 9.17) is 28.8 Å². The van der Waals surface area contributed by atoms with Crippen LogP contribution in [0.3, 0.4) is 0 Å². The van der Waals surface area contributed by atoms with Crippen LogP contribution in [0.15, 0.2) is 18.2 Å². The molecule has 0 saturated carbocycles. The number of hydrogen-bond acceptors (Lipinski definition) is 12. The van der Waals surface area contributed by atoms with Gasteiger partial charge in [-0.15, -0.1) is 0 Å². The van der Waals surface area contributed by atoms with E-state index in [9.17, 15) is 30.6 Å². The summed E-state index contributed by atoms with van der Waals surface area (Å²) in [5.74, 6) is 0.509. The Morgan fingerprint density at radius 1 is 1.03 bits per heavy atom. The highest BCUT2D eigenvalue weighted by atomic mass is 16.7. The van der Waals surface area contributed by atoms with Crippen molar-refractivity contribution in [3.63, 3.8) is 0 Å². The van der Waals surface area contributed by atoms with Crippen molar-refractivity contribution in [2.75, 3.05) is 33.5 Å². The SMILES string of the molecule is COc1cc(CCO)ccc1O[C@@H]1O[C@H](CO[C@@H]2OC[C@](O)(CO)[C@H]2O)[C@@H](O)[C@H](O)[C@H]1O. The van der Waals surface area contributed by atoms with Crippen molar-refractivity contribution in [1.82, 2.24) is 0 Å². The lowest BCUT2D eigenvalue weighted by molar-refractivity contribution is -0.289. The number of aliphatic hydroxyl groups is 7. The van der Waals surface area contributed by atoms with Gasteiger partial charge in [-0.3, -0.25) is 0 Å². The average molecular weight is 462 g/mol. The lowest BCUT2D eigenvalue weighted by atomic mass is 9.99. The van der Waals surface area contributed by atoms with Gasteiger partial charge in [-0.25, -0.2) is 0 Å². The van der Waals surface area contributed by atoms with E-state index in [2.05, 4.69) is 0 Å². The molecule has 2 aliphatic rings. The number of methoxy groups -OCH3 is 1. The Balaban J connectivity index is 1.67. The Morgan fingerprint density at radius 3 is 2.41 bits per heavy atom. The second-order valence-corrected chi connectivity index (χ2v) is 7.81. The zero-order chi connectivity index (χ0) is 23.5. The summed E-state index contributed by atoms with van der Waals surface area (Å²) in [6, 6.07) is 4.89. The fourth-order valence-electron chi connectivity index (χ4n) is 3.50. The molecule has 32 heavy (non-hydrogen) atoms. The first-order valence-electron chi connectivity index (χ1n) is 10.1. The molecule has 0 unspecified atom stereocenters. The van der Waals surface area contributed by atoms with Gasteiger partial charge < -0.3 is 59.4 Å². The number of aliphatic hydroxyl groups excluding tert-OH is 6. The van der Waals surface area contributed by atoms with E-state index in [-0.39, 0.29) is 25.6 Å². The predicted molar refractivity (Wildman–Crippen MR) is 105 cm³/mol. The second kappa shape index (κ2) is 10.6. The summed E-state index contributed by atoms with van der Waals surface area (Å²) in [6.45, 7) is -1.53. The highest BCUT2D eigenvalue weighted by molar-refractivity contribution is 5.43. The van der Waals surface area contributed by atoms with Crippen molar-refractivity contribution in [2.24, 2.45) is 0 Å². The van der Waals surface area contributed by atoms with Crippen LogP contribution in [0.5, 0.6) is 11.5 Å². The van der Waals surface area contributed by atoms with Crippen molar-refractivity contribution >= 4 is 0 Å². The molecular formula is C20H30O12. The maximum Gasteiger partial charge on any atom is 0.229 e. The smallest absolute Gasteiger partial charge is 0.229 e. The van der Waals surface area contributed by atoms with Crippen LogP contribution in [0.25, 0.3) is 0 Å². The maximum atomic E-state index is 10.3. The van der Waals surface area contributed by atoms with Crippen LogP contribution in [0.4, 0.5) is 0 Å². The standard InChI is InChI=1S/C20H30O12/c1-28-12-6-10(4-5-21)2-3-11(12)31-18-16(25)15(24)14(23)13(32-18)7-29-19-17(26)20(27,8-22)9-30-19/h2-3,6,13-19,21-27H,4-5,7-9H2,1H3/t13-,14-,15+,16-,17+,18-,19-,20-/m1/s1. The largest absolute Gasteiger partial charge is 0.493 e. The third-order valence-electron chi connectivity index (χ3n) is 5.54. The maximum absolute atomic E-state index is 10.3. The molecule has 7 N–H and O–H groups in total. The quantitative estimate of drug-likeness (QED) is 0.196. The normalized spacial score (nSPS) is 37.4. The summed E-state index contributed by atoms with van der Waals surface area (Å²) >= 11 is 0. The van der Waals surface area contributed by atoms with E-state index in [0.717, 1.165) is 5.56 Å². The molecule has 0 amide bonds. The van der Waals surface area contributed by atoms with Gasteiger partial charge in [-0.2, -0.15) is 0 Å². The van der Waals surface area contributed by atoms with Gasteiger partial charge in [0, 0.05) is 6.61 Å². The zero-order valence-electron chi connectivity index (χ0n) is 17.5. The molecule has 182 valence electrons. The summed E-state index contributed by atoms with van der Waals surface area (Å²) in [5, 5.41) is 69.2. The van der Waals surface area contributed by atoms with Gasteiger partial charge in [0.05, 0.1) is 26.9 Å².